The van der Waals surface area contributed by atoms with E-state index in [4.69, 9.17) is 10.5 Å². The van der Waals surface area contributed by atoms with Crippen molar-refractivity contribution >= 4 is 51.0 Å². The number of ether oxygens (including phenoxy) is 1. The fourth-order valence-electron chi connectivity index (χ4n) is 2.73. The monoisotopic (exact) mass is 510 g/mol. The summed E-state index contributed by atoms with van der Waals surface area (Å²) in [5.74, 6) is 0.749. The Labute approximate surface area is 200 Å². The molecule has 3 aromatic rings. The molecule has 3 N–H and O–H groups in total. The molecule has 0 atom stereocenters. The summed E-state index contributed by atoms with van der Waals surface area (Å²) in [6.07, 6.45) is 2.72. The van der Waals surface area contributed by atoms with Gasteiger partial charge in [0.05, 0.1) is 12.0 Å². The van der Waals surface area contributed by atoms with E-state index in [-0.39, 0.29) is 5.91 Å². The van der Waals surface area contributed by atoms with E-state index >= 15 is 0 Å². The molecule has 0 saturated heterocycles. The van der Waals surface area contributed by atoms with Crippen LogP contribution in [0.25, 0.3) is 0 Å². The van der Waals surface area contributed by atoms with Crippen LogP contribution in [-0.4, -0.2) is 25.9 Å². The molecule has 3 aromatic carbocycles. The van der Waals surface area contributed by atoms with Crippen LogP contribution in [0.5, 0.6) is 5.75 Å². The largest absolute Gasteiger partial charge is 0.496 e. The smallest absolute Gasteiger partial charge is 0.249 e. The van der Waals surface area contributed by atoms with Crippen LogP contribution in [0, 0.1) is 0 Å². The van der Waals surface area contributed by atoms with Gasteiger partial charge in [0, 0.05) is 40.7 Å². The molecule has 0 aliphatic carbocycles. The standard InChI is InChI=1S/C24H23BrN4O2S/c1-29(20-11-8-18(25)9-12-20)32-22-16-19(10-13-21(22)31-2)28-23(30)14-15-27-24(26)17-6-4-3-5-7-17/h3-16H,1-2H3,(H2,26,27)(H,28,30)/b15-14+. The third-order valence-corrected chi connectivity index (χ3v) is 5.89. The number of aliphatic imine (C=N–C) groups is 1. The van der Waals surface area contributed by atoms with Crippen molar-refractivity contribution < 1.29 is 9.53 Å². The van der Waals surface area contributed by atoms with Gasteiger partial charge in [-0.25, -0.2) is 4.99 Å². The maximum atomic E-state index is 12.3. The van der Waals surface area contributed by atoms with Gasteiger partial charge in [-0.1, -0.05) is 46.3 Å². The average Bonchev–Trinajstić information content (AvgIpc) is 2.80. The first-order valence-electron chi connectivity index (χ1n) is 9.68. The number of anilines is 2. The van der Waals surface area contributed by atoms with Crippen molar-refractivity contribution in [2.75, 3.05) is 23.8 Å². The highest BCUT2D eigenvalue weighted by Gasteiger charge is 2.11. The number of carbonyl (C=O) groups is 1. The number of halogens is 1. The summed E-state index contributed by atoms with van der Waals surface area (Å²) in [4.78, 5) is 17.3. The molecule has 0 heterocycles. The second-order valence-corrected chi connectivity index (χ2v) is 8.70. The number of hydrogen-bond donors (Lipinski definition) is 2. The number of rotatable bonds is 8. The van der Waals surface area contributed by atoms with Crippen molar-refractivity contribution in [3.8, 4) is 5.75 Å². The number of amidine groups is 1. The maximum absolute atomic E-state index is 12.3. The molecule has 0 fully saturated rings. The number of hydrogen-bond acceptors (Lipinski definition) is 5. The van der Waals surface area contributed by atoms with Crippen LogP contribution in [0.2, 0.25) is 0 Å². The highest BCUT2D eigenvalue weighted by Crippen LogP contribution is 2.36. The van der Waals surface area contributed by atoms with Crippen molar-refractivity contribution in [2.45, 2.75) is 4.90 Å². The fourth-order valence-corrected chi connectivity index (χ4v) is 3.94. The quantitative estimate of drug-likeness (QED) is 0.182. The molecule has 6 nitrogen and oxygen atoms in total. The predicted octanol–water partition coefficient (Wildman–Crippen LogP) is 5.46. The van der Waals surface area contributed by atoms with Gasteiger partial charge in [-0.2, -0.15) is 0 Å². The van der Waals surface area contributed by atoms with Gasteiger partial charge in [0.25, 0.3) is 0 Å². The van der Waals surface area contributed by atoms with E-state index in [0.717, 1.165) is 20.6 Å². The van der Waals surface area contributed by atoms with Crippen molar-refractivity contribution in [2.24, 2.45) is 10.7 Å². The predicted molar refractivity (Wildman–Crippen MR) is 136 cm³/mol. The molecule has 3 rings (SSSR count). The van der Waals surface area contributed by atoms with Crippen molar-refractivity contribution in [1.82, 2.24) is 0 Å². The van der Waals surface area contributed by atoms with Crippen molar-refractivity contribution in [3.63, 3.8) is 0 Å². The lowest BCUT2D eigenvalue weighted by molar-refractivity contribution is -0.111. The topological polar surface area (TPSA) is 79.9 Å². The Balaban J connectivity index is 1.67. The fraction of sp³-hybridized carbons (Fsp3) is 0.0833. The summed E-state index contributed by atoms with van der Waals surface area (Å²) in [7, 11) is 3.59. The summed E-state index contributed by atoms with van der Waals surface area (Å²) in [5.41, 5.74) is 8.41. The van der Waals surface area contributed by atoms with Gasteiger partial charge < -0.3 is 20.1 Å². The minimum Gasteiger partial charge on any atom is -0.496 e. The summed E-state index contributed by atoms with van der Waals surface area (Å²) >= 11 is 4.95. The van der Waals surface area contributed by atoms with Gasteiger partial charge in [0.15, 0.2) is 0 Å². The van der Waals surface area contributed by atoms with E-state index < -0.39 is 0 Å². The molecular weight excluding hydrogens is 488 g/mol. The lowest BCUT2D eigenvalue weighted by Crippen LogP contribution is -2.12. The lowest BCUT2D eigenvalue weighted by Gasteiger charge is -2.20. The van der Waals surface area contributed by atoms with Gasteiger partial charge in [-0.05, 0) is 54.4 Å². The number of nitrogens with two attached hydrogens (primary N) is 1. The van der Waals surface area contributed by atoms with E-state index in [0.29, 0.717) is 17.3 Å². The molecule has 32 heavy (non-hydrogen) atoms. The minimum absolute atomic E-state index is 0.308. The van der Waals surface area contributed by atoms with Crippen LogP contribution in [0.1, 0.15) is 5.56 Å². The molecule has 0 spiro atoms. The third-order valence-electron chi connectivity index (χ3n) is 4.37. The molecule has 0 saturated carbocycles. The number of nitrogens with zero attached hydrogens (tertiary/aromatic N) is 2. The molecule has 8 heteroatoms. The Morgan fingerprint density at radius 2 is 1.84 bits per heavy atom. The zero-order valence-corrected chi connectivity index (χ0v) is 20.1. The van der Waals surface area contributed by atoms with E-state index in [1.165, 1.54) is 24.2 Å². The van der Waals surface area contributed by atoms with Gasteiger partial charge in [0.2, 0.25) is 5.91 Å². The van der Waals surface area contributed by atoms with E-state index in [1.54, 1.807) is 13.2 Å². The molecule has 0 aliphatic heterocycles. The minimum atomic E-state index is -0.308. The first kappa shape index (κ1) is 23.4. The normalized spacial score (nSPS) is 11.4. The molecule has 0 unspecified atom stereocenters. The second-order valence-electron chi connectivity index (χ2n) is 6.62. The maximum Gasteiger partial charge on any atom is 0.249 e. The number of amides is 1. The number of methoxy groups -OCH3 is 1. The van der Waals surface area contributed by atoms with Gasteiger partial charge >= 0.3 is 0 Å². The van der Waals surface area contributed by atoms with E-state index in [9.17, 15) is 4.79 Å². The molecule has 0 radical (unpaired) electrons. The highest BCUT2D eigenvalue weighted by atomic mass is 79.9. The SMILES string of the molecule is COc1ccc(NC(=O)/C=C/N=C(N)c2ccccc2)cc1SN(C)c1ccc(Br)cc1. The van der Waals surface area contributed by atoms with Gasteiger partial charge in [-0.15, -0.1) is 0 Å². The third kappa shape index (κ3) is 6.63. The summed E-state index contributed by atoms with van der Waals surface area (Å²) in [5, 5.41) is 2.84. The zero-order valence-electron chi connectivity index (χ0n) is 17.7. The number of benzene rings is 3. The highest BCUT2D eigenvalue weighted by molar-refractivity contribution is 9.10. The van der Waals surface area contributed by atoms with Crippen LogP contribution in [0.15, 0.2) is 99.4 Å². The van der Waals surface area contributed by atoms with Crippen molar-refractivity contribution in [1.29, 1.82) is 0 Å². The second kappa shape index (κ2) is 11.4. The summed E-state index contributed by atoms with van der Waals surface area (Å²) in [6, 6.07) is 22.8. The zero-order chi connectivity index (χ0) is 22.9. The van der Waals surface area contributed by atoms with Crippen LogP contribution < -0.4 is 20.1 Å². The Bertz CT molecular complexity index is 1120. The number of carbonyl (C=O) groups excluding carboxylic acids is 1. The molecule has 0 bridgehead atoms. The van der Waals surface area contributed by atoms with Crippen LogP contribution >= 0.6 is 27.9 Å². The van der Waals surface area contributed by atoms with Gasteiger partial charge in [-0.3, -0.25) is 4.79 Å². The lowest BCUT2D eigenvalue weighted by atomic mass is 10.2. The van der Waals surface area contributed by atoms with Crippen molar-refractivity contribution in [3.05, 3.63) is 95.1 Å². The number of nitrogens with one attached hydrogen (secondary N) is 1. The summed E-state index contributed by atoms with van der Waals surface area (Å²) in [6.45, 7) is 0. The molecule has 0 aliphatic rings. The summed E-state index contributed by atoms with van der Waals surface area (Å²) < 4.78 is 8.52. The van der Waals surface area contributed by atoms with Crippen LogP contribution in [-0.2, 0) is 4.79 Å². The Morgan fingerprint density at radius 1 is 1.12 bits per heavy atom. The molecule has 164 valence electrons. The van der Waals surface area contributed by atoms with Gasteiger partial charge in [0.1, 0.15) is 11.6 Å². The van der Waals surface area contributed by atoms with Crippen LogP contribution in [0.3, 0.4) is 0 Å². The first-order chi connectivity index (χ1) is 15.5. The van der Waals surface area contributed by atoms with E-state index in [1.807, 2.05) is 78.1 Å². The average molecular weight is 511 g/mol. The first-order valence-corrected chi connectivity index (χ1v) is 11.2. The van der Waals surface area contributed by atoms with Crippen LogP contribution in [0.4, 0.5) is 11.4 Å². The molecule has 1 amide bonds. The Morgan fingerprint density at radius 3 is 2.53 bits per heavy atom. The van der Waals surface area contributed by atoms with E-state index in [2.05, 4.69) is 26.2 Å². The molecular formula is C24H23BrN4O2S. The Kier molecular flexibility index (Phi) is 8.35. The Hall–Kier alpha value is -3.23. The molecule has 0 aromatic heterocycles.